The van der Waals surface area contributed by atoms with Crippen LogP contribution < -0.4 is 4.52 Å². The highest BCUT2D eigenvalue weighted by Crippen LogP contribution is 2.59. The number of hydroxylamine groups is 6. The molecule has 594 valence electrons. The quantitative estimate of drug-likeness (QED) is 0.0269. The van der Waals surface area contributed by atoms with Crippen molar-refractivity contribution in [2.24, 2.45) is 0 Å². The van der Waals surface area contributed by atoms with Crippen LogP contribution in [-0.4, -0.2) is 234 Å². The maximum Gasteiger partial charge on any atom is 0.524 e. The van der Waals surface area contributed by atoms with E-state index in [1.807, 2.05) is 0 Å². The molecule has 6 rings (SSSR count). The second kappa shape index (κ2) is 48.6. The van der Waals surface area contributed by atoms with Crippen LogP contribution in [0.3, 0.4) is 0 Å². The van der Waals surface area contributed by atoms with Gasteiger partial charge in [0.05, 0.1) is 85.4 Å². The Morgan fingerprint density at radius 1 is 0.364 bits per heavy atom. The summed E-state index contributed by atoms with van der Waals surface area (Å²) in [7, 11) is -14.4. The van der Waals surface area contributed by atoms with Crippen LogP contribution in [0.25, 0.3) is 0 Å². The molecule has 3 fully saturated rings. The van der Waals surface area contributed by atoms with Crippen molar-refractivity contribution in [3.63, 3.8) is 0 Å². The number of ketones is 3. The predicted octanol–water partition coefficient (Wildman–Crippen LogP) is 3.08. The van der Waals surface area contributed by atoms with Crippen LogP contribution in [-0.2, 0) is 159 Å². The standard InChI is InChI=1S/C22H28F2NO11P.C22H30NO11P.C21H28NO12P/c23-22(24,37(30,31)32)17-5-3-16(4-6-17)14-18(26)2-1-9-33-10-11-34-12-13-35-15-21(29)36-25-19(27)7-8-20(25)28;24-19(14-17-3-5-18(6-4-17)16-35(28,29)30)2-1-9-31-10-11-32-12-13-33-15-22(27)34-23-20(25)7-8-21(23)26;23-17(14-16-3-5-18(6-4-16)34-35(27,28)29)2-1-9-30-10-11-31-12-13-32-15-21(26)33-22-19(24)7-8-20(22)25/h3-6H,1-2,7-15H2,(H2,30,31,32);3-6H,1-2,7-16H2,(H2,28,29,30);3-6H,1-2,7-15H2,(H2,27,28,29). The topological polar surface area (TPSA) is 507 Å². The van der Waals surface area contributed by atoms with E-state index in [0.29, 0.717) is 110 Å². The summed E-state index contributed by atoms with van der Waals surface area (Å²) in [6.45, 7) is 2.39. The van der Waals surface area contributed by atoms with Gasteiger partial charge in [0.1, 0.15) is 42.9 Å². The summed E-state index contributed by atoms with van der Waals surface area (Å²) in [5.41, 5.74) is -2.67. The first-order valence-electron chi connectivity index (χ1n) is 33.1. The van der Waals surface area contributed by atoms with Gasteiger partial charge in [0.25, 0.3) is 35.4 Å². The predicted molar refractivity (Wildman–Crippen MR) is 356 cm³/mol. The number of hydrogen-bond acceptors (Lipinski definition) is 28. The number of benzene rings is 3. The average molecular weight is 1580 g/mol. The van der Waals surface area contributed by atoms with Gasteiger partial charge in [-0.15, -0.1) is 15.2 Å². The number of halogens is 2. The van der Waals surface area contributed by atoms with Gasteiger partial charge in [-0.2, -0.15) is 8.78 Å². The van der Waals surface area contributed by atoms with Crippen LogP contribution >= 0.6 is 23.0 Å². The van der Waals surface area contributed by atoms with E-state index in [4.69, 9.17) is 72.0 Å². The Morgan fingerprint density at radius 3 is 0.888 bits per heavy atom. The van der Waals surface area contributed by atoms with E-state index in [0.717, 1.165) is 17.7 Å². The Kier molecular flexibility index (Phi) is 41.6. The van der Waals surface area contributed by atoms with Crippen molar-refractivity contribution in [3.8, 4) is 5.75 Å². The maximum absolute atomic E-state index is 13.6. The molecule has 0 atom stereocenters. The van der Waals surface area contributed by atoms with Gasteiger partial charge in [-0.3, -0.25) is 62.1 Å². The lowest BCUT2D eigenvalue weighted by Gasteiger charge is -2.18. The molecule has 3 aromatic rings. The van der Waals surface area contributed by atoms with Crippen molar-refractivity contribution < 1.29 is 171 Å². The number of amides is 6. The van der Waals surface area contributed by atoms with E-state index in [-0.39, 0.29) is 146 Å². The van der Waals surface area contributed by atoms with Gasteiger partial charge in [-0.1, -0.05) is 60.7 Å². The van der Waals surface area contributed by atoms with Crippen molar-refractivity contribution in [1.82, 2.24) is 15.2 Å². The summed E-state index contributed by atoms with van der Waals surface area (Å²) in [5, 5.41) is 1.35. The molecule has 0 spiro atoms. The largest absolute Gasteiger partial charge is 0.524 e. The van der Waals surface area contributed by atoms with Crippen molar-refractivity contribution >= 4 is 93.7 Å². The van der Waals surface area contributed by atoms with Crippen LogP contribution in [0.4, 0.5) is 8.78 Å². The SMILES string of the molecule is O=C(CCCOCCOCCOCC(=O)ON1C(=O)CCC1=O)Cc1ccc(C(F)(F)P(=O)(O)O)cc1.O=C(CCCOCCOCCOCC(=O)ON1C(=O)CCC1=O)Cc1ccc(CP(=O)(O)O)cc1.O=C(CCCOCCOCCOCC(=O)ON1C(=O)CCC1=O)Cc1ccc(OP(=O)(O)O)cc1. The first-order chi connectivity index (χ1) is 50.7. The minimum Gasteiger partial charge on any atom is -0.404 e. The highest BCUT2D eigenvalue weighted by Gasteiger charge is 2.50. The van der Waals surface area contributed by atoms with Gasteiger partial charge in [0, 0.05) is 102 Å². The third kappa shape index (κ3) is 39.3. The lowest BCUT2D eigenvalue weighted by molar-refractivity contribution is -0.200. The molecule has 107 heavy (non-hydrogen) atoms. The normalized spacial score (nSPS) is 14.0. The van der Waals surface area contributed by atoms with Gasteiger partial charge >= 0.3 is 46.6 Å². The first-order valence-corrected chi connectivity index (χ1v) is 38.1. The van der Waals surface area contributed by atoms with Gasteiger partial charge in [-0.25, -0.2) is 18.9 Å². The molecule has 6 N–H and O–H groups in total. The van der Waals surface area contributed by atoms with Crippen LogP contribution in [0.15, 0.2) is 72.8 Å². The number of phosphoric acid groups is 1. The molecule has 6 amide bonds. The maximum atomic E-state index is 13.6. The molecule has 0 radical (unpaired) electrons. The molecule has 0 aromatic heterocycles. The molecule has 3 aromatic carbocycles. The number of carbonyl (C=O) groups excluding carboxylic acids is 12. The Bertz CT molecular complexity index is 3350. The molecule has 0 saturated carbocycles. The molecule has 3 aliphatic heterocycles. The molecular weight excluding hydrogens is 1500 g/mol. The number of Topliss-reactive ketones (excluding diaryl/α,β-unsaturated/α-hetero) is 3. The molecule has 3 aliphatic rings. The molecule has 0 unspecified atom stereocenters. The Morgan fingerprint density at radius 2 is 0.617 bits per heavy atom. The molecule has 42 heteroatoms. The summed E-state index contributed by atoms with van der Waals surface area (Å²) in [6, 6.07) is 16.8. The van der Waals surface area contributed by atoms with Crippen LogP contribution in [0, 0.1) is 0 Å². The van der Waals surface area contributed by atoms with Crippen LogP contribution in [0.1, 0.15) is 105 Å². The van der Waals surface area contributed by atoms with Gasteiger partial charge in [0.15, 0.2) is 0 Å². The number of nitrogens with zero attached hydrogens (tertiary/aromatic N) is 3. The number of imide groups is 3. The average Bonchev–Trinajstić information content (AvgIpc) is 1.30. The van der Waals surface area contributed by atoms with E-state index in [2.05, 4.69) is 19.0 Å². The second-order valence-electron chi connectivity index (χ2n) is 23.1. The highest BCUT2D eigenvalue weighted by molar-refractivity contribution is 7.52. The van der Waals surface area contributed by atoms with Crippen molar-refractivity contribution in [1.29, 1.82) is 0 Å². The van der Waals surface area contributed by atoms with Crippen molar-refractivity contribution in [2.75, 3.05) is 119 Å². The summed E-state index contributed by atoms with van der Waals surface area (Å²) < 4.78 is 112. The molecule has 3 saturated heterocycles. The fourth-order valence-corrected chi connectivity index (χ4v) is 10.6. The fraction of sp³-hybridized carbons (Fsp3) is 0.538. The second-order valence-corrected chi connectivity index (χ2v) is 27.5. The number of alkyl halides is 2. The monoisotopic (exact) mass is 1580 g/mol. The fourth-order valence-electron chi connectivity index (χ4n) is 9.00. The number of rotatable bonds is 51. The summed E-state index contributed by atoms with van der Waals surface area (Å²) in [4.78, 5) is 206. The van der Waals surface area contributed by atoms with E-state index >= 15 is 0 Å². The Balaban J connectivity index is 0.000000339. The number of phosphoric ester groups is 1. The zero-order valence-electron chi connectivity index (χ0n) is 58.0. The minimum absolute atomic E-state index is 0.00245. The van der Waals surface area contributed by atoms with E-state index in [1.165, 1.54) is 24.3 Å². The minimum atomic E-state index is -5.65. The summed E-state index contributed by atoms with van der Waals surface area (Å²) in [5.74, 6) is -6.02. The van der Waals surface area contributed by atoms with E-state index in [1.54, 1.807) is 36.4 Å². The van der Waals surface area contributed by atoms with E-state index in [9.17, 15) is 80.0 Å². The Hall–Kier alpha value is -7.75. The first kappa shape index (κ1) is 91.6. The number of carbonyl (C=O) groups is 12. The number of hydrogen-bond donors (Lipinski definition) is 6. The third-order valence-electron chi connectivity index (χ3n) is 14.2. The zero-order valence-corrected chi connectivity index (χ0v) is 60.7. The highest BCUT2D eigenvalue weighted by atomic mass is 31.2. The lowest BCUT2D eigenvalue weighted by Crippen LogP contribution is -2.33. The van der Waals surface area contributed by atoms with Crippen LogP contribution in [0.5, 0.6) is 5.75 Å². The lowest BCUT2D eigenvalue weighted by atomic mass is 10.0. The molecule has 0 bridgehead atoms. The molecule has 3 heterocycles. The zero-order chi connectivity index (χ0) is 78.8. The molecule has 0 aliphatic carbocycles. The third-order valence-corrected chi connectivity index (χ3v) is 16.4. The van der Waals surface area contributed by atoms with Gasteiger partial charge in [0.2, 0.25) is 0 Å². The summed E-state index contributed by atoms with van der Waals surface area (Å²) >= 11 is 0. The summed E-state index contributed by atoms with van der Waals surface area (Å²) in [6.07, 6.45) is 2.60. The van der Waals surface area contributed by atoms with E-state index < -0.39 is 107 Å². The van der Waals surface area contributed by atoms with Crippen molar-refractivity contribution in [2.45, 2.75) is 108 Å². The molecular formula is C65H86F2N3O34P3. The smallest absolute Gasteiger partial charge is 0.404 e. The van der Waals surface area contributed by atoms with Crippen molar-refractivity contribution in [3.05, 3.63) is 101 Å². The van der Waals surface area contributed by atoms with Gasteiger partial charge in [-0.05, 0) is 53.6 Å². The Labute approximate surface area is 611 Å². The molecule has 37 nitrogen and oxygen atoms in total. The van der Waals surface area contributed by atoms with Crippen LogP contribution in [0.2, 0.25) is 0 Å². The number of ether oxygens (including phenoxy) is 9. The van der Waals surface area contributed by atoms with Gasteiger partial charge < -0.3 is 81.2 Å².